The number of hydrogen-bond donors (Lipinski definition) is 4. The maximum absolute atomic E-state index is 12.2. The number of carboxylic acids is 1. The zero-order chi connectivity index (χ0) is 16.3. The van der Waals surface area contributed by atoms with Gasteiger partial charge in [-0.05, 0) is 19.9 Å². The molecule has 1 aromatic carbocycles. The van der Waals surface area contributed by atoms with Crippen LogP contribution in [0.3, 0.4) is 0 Å². The van der Waals surface area contributed by atoms with Gasteiger partial charge in [0.25, 0.3) is 5.91 Å². The monoisotopic (exact) mass is 304 g/mol. The molecule has 22 heavy (non-hydrogen) atoms. The predicted molar refractivity (Wildman–Crippen MR) is 78.3 cm³/mol. The number of rotatable bonds is 5. The van der Waals surface area contributed by atoms with Gasteiger partial charge in [-0.15, -0.1) is 0 Å². The molecule has 2 amide bonds. The molecule has 2 unspecified atom stereocenters. The normalized spacial score (nSPS) is 13.4. The number of hydrogen-bond acceptors (Lipinski definition) is 4. The topological polar surface area (TPSA) is 124 Å². The Morgan fingerprint density at radius 3 is 2.50 bits per heavy atom. The molecular weight excluding hydrogens is 288 g/mol. The summed E-state index contributed by atoms with van der Waals surface area (Å²) in [7, 11) is 0. The summed E-state index contributed by atoms with van der Waals surface area (Å²) in [5.74, 6) is -2.24. The third-order valence-corrected chi connectivity index (χ3v) is 3.16. The fourth-order valence-electron chi connectivity index (χ4n) is 1.87. The van der Waals surface area contributed by atoms with E-state index < -0.39 is 29.9 Å². The third kappa shape index (κ3) is 3.22. The Bertz CT molecular complexity index is 724. The number of para-hydroxylation sites is 1. The van der Waals surface area contributed by atoms with Crippen LogP contribution in [0.15, 0.2) is 24.3 Å². The summed E-state index contributed by atoms with van der Waals surface area (Å²) in [5, 5.41) is 20.8. The molecule has 0 fully saturated rings. The number of aromatic amines is 1. The van der Waals surface area contributed by atoms with Crippen molar-refractivity contribution in [2.24, 2.45) is 0 Å². The lowest BCUT2D eigenvalue weighted by atomic mass is 10.2. The van der Waals surface area contributed by atoms with Gasteiger partial charge in [0.15, 0.2) is 5.69 Å². The molecule has 2 atom stereocenters. The number of nitrogens with one attached hydrogen (secondary N) is 3. The molecule has 8 heteroatoms. The van der Waals surface area contributed by atoms with Crippen LogP contribution in [0.25, 0.3) is 10.9 Å². The number of benzene rings is 1. The van der Waals surface area contributed by atoms with Gasteiger partial charge in [-0.3, -0.25) is 19.5 Å². The Balaban J connectivity index is 2.05. The van der Waals surface area contributed by atoms with E-state index in [4.69, 9.17) is 5.11 Å². The number of amides is 2. The van der Waals surface area contributed by atoms with E-state index in [1.807, 2.05) is 6.07 Å². The lowest BCUT2D eigenvalue weighted by Gasteiger charge is -2.15. The quantitative estimate of drug-likeness (QED) is 0.631. The molecule has 0 spiro atoms. The molecule has 0 radical (unpaired) electrons. The smallest absolute Gasteiger partial charge is 0.325 e. The molecule has 0 saturated carbocycles. The molecule has 4 N–H and O–H groups in total. The van der Waals surface area contributed by atoms with Crippen LogP contribution < -0.4 is 10.6 Å². The predicted octanol–water partition coefficient (Wildman–Crippen LogP) is 0.270. The zero-order valence-electron chi connectivity index (χ0n) is 12.1. The van der Waals surface area contributed by atoms with Crippen molar-refractivity contribution in [3.8, 4) is 0 Å². The Morgan fingerprint density at radius 2 is 1.82 bits per heavy atom. The van der Waals surface area contributed by atoms with Gasteiger partial charge >= 0.3 is 5.97 Å². The van der Waals surface area contributed by atoms with Crippen LogP contribution in [0.5, 0.6) is 0 Å². The highest BCUT2D eigenvalue weighted by Gasteiger charge is 2.22. The van der Waals surface area contributed by atoms with Crippen LogP contribution in [-0.4, -0.2) is 45.2 Å². The average molecular weight is 304 g/mol. The Morgan fingerprint density at radius 1 is 1.14 bits per heavy atom. The van der Waals surface area contributed by atoms with Gasteiger partial charge in [-0.2, -0.15) is 5.10 Å². The Hall–Kier alpha value is -2.90. The second kappa shape index (κ2) is 6.25. The van der Waals surface area contributed by atoms with Crippen LogP contribution in [0, 0.1) is 0 Å². The lowest BCUT2D eigenvalue weighted by Crippen LogP contribution is -2.49. The van der Waals surface area contributed by atoms with E-state index in [0.717, 1.165) is 0 Å². The molecule has 1 aromatic heterocycles. The molecule has 8 nitrogen and oxygen atoms in total. The highest BCUT2D eigenvalue weighted by molar-refractivity contribution is 6.06. The summed E-state index contributed by atoms with van der Waals surface area (Å²) in [6.45, 7) is 2.81. The van der Waals surface area contributed by atoms with E-state index in [1.165, 1.54) is 13.8 Å². The summed E-state index contributed by atoms with van der Waals surface area (Å²) < 4.78 is 0. The van der Waals surface area contributed by atoms with E-state index in [-0.39, 0.29) is 5.69 Å². The molecule has 1 heterocycles. The van der Waals surface area contributed by atoms with Gasteiger partial charge in [-0.25, -0.2) is 0 Å². The van der Waals surface area contributed by atoms with Crippen LogP contribution in [0.1, 0.15) is 24.3 Å². The zero-order valence-corrected chi connectivity index (χ0v) is 12.1. The first-order valence-corrected chi connectivity index (χ1v) is 6.67. The molecule has 0 aliphatic carbocycles. The van der Waals surface area contributed by atoms with E-state index in [0.29, 0.717) is 10.9 Å². The van der Waals surface area contributed by atoms with Crippen molar-refractivity contribution in [3.63, 3.8) is 0 Å². The molecule has 0 aliphatic heterocycles. The van der Waals surface area contributed by atoms with Crippen molar-refractivity contribution in [3.05, 3.63) is 30.0 Å². The molecule has 0 aliphatic rings. The first kappa shape index (κ1) is 15.5. The maximum Gasteiger partial charge on any atom is 0.325 e. The minimum Gasteiger partial charge on any atom is -0.480 e. The minimum atomic E-state index is -1.15. The summed E-state index contributed by atoms with van der Waals surface area (Å²) in [4.78, 5) is 34.7. The van der Waals surface area contributed by atoms with Gasteiger partial charge in [0.1, 0.15) is 12.1 Å². The first-order valence-electron chi connectivity index (χ1n) is 6.67. The second-order valence-corrected chi connectivity index (χ2v) is 4.88. The van der Waals surface area contributed by atoms with Gasteiger partial charge in [0.05, 0.1) is 5.52 Å². The van der Waals surface area contributed by atoms with Crippen LogP contribution in [0.4, 0.5) is 0 Å². The van der Waals surface area contributed by atoms with E-state index >= 15 is 0 Å². The van der Waals surface area contributed by atoms with Crippen molar-refractivity contribution in [2.75, 3.05) is 0 Å². The van der Waals surface area contributed by atoms with E-state index in [1.54, 1.807) is 18.2 Å². The summed E-state index contributed by atoms with van der Waals surface area (Å²) in [6, 6.07) is 5.20. The molecule has 0 bridgehead atoms. The summed E-state index contributed by atoms with van der Waals surface area (Å²) in [6.07, 6.45) is 0. The van der Waals surface area contributed by atoms with Crippen LogP contribution >= 0.6 is 0 Å². The highest BCUT2D eigenvalue weighted by atomic mass is 16.4. The highest BCUT2D eigenvalue weighted by Crippen LogP contribution is 2.14. The van der Waals surface area contributed by atoms with Crippen molar-refractivity contribution in [1.29, 1.82) is 0 Å². The van der Waals surface area contributed by atoms with E-state index in [9.17, 15) is 14.4 Å². The molecule has 2 aromatic rings. The second-order valence-electron chi connectivity index (χ2n) is 4.88. The number of fused-ring (bicyclic) bond motifs is 1. The average Bonchev–Trinajstić information content (AvgIpc) is 2.90. The molecular formula is C14H16N4O4. The van der Waals surface area contributed by atoms with Crippen LogP contribution in [-0.2, 0) is 9.59 Å². The van der Waals surface area contributed by atoms with Crippen molar-refractivity contribution in [1.82, 2.24) is 20.8 Å². The van der Waals surface area contributed by atoms with Gasteiger partial charge in [-0.1, -0.05) is 18.2 Å². The SMILES string of the molecule is CC(NC(=O)C(C)NC(=O)c1n[nH]c2ccccc12)C(=O)O. The fraction of sp³-hybridized carbons (Fsp3) is 0.286. The standard InChI is InChI=1S/C14H16N4O4/c1-7(12(19)16-8(2)14(21)22)15-13(20)11-9-5-3-4-6-10(9)17-18-11/h3-8H,1-2H3,(H,15,20)(H,16,19)(H,17,18)(H,21,22). The number of carbonyl (C=O) groups excluding carboxylic acids is 2. The first-order chi connectivity index (χ1) is 10.4. The number of aliphatic carboxylic acids is 1. The van der Waals surface area contributed by atoms with Crippen molar-refractivity contribution >= 4 is 28.7 Å². The van der Waals surface area contributed by atoms with Crippen LogP contribution in [0.2, 0.25) is 0 Å². The molecule has 2 rings (SSSR count). The number of carbonyl (C=O) groups is 3. The Labute approximate surface area is 125 Å². The van der Waals surface area contributed by atoms with E-state index in [2.05, 4.69) is 20.8 Å². The largest absolute Gasteiger partial charge is 0.480 e. The fourth-order valence-corrected chi connectivity index (χ4v) is 1.87. The number of H-pyrrole nitrogens is 1. The number of nitrogens with zero attached hydrogens (tertiary/aromatic N) is 1. The number of carboxylic acid groups (broad SMARTS) is 1. The van der Waals surface area contributed by atoms with Gasteiger partial charge < -0.3 is 15.7 Å². The van der Waals surface area contributed by atoms with Crippen molar-refractivity contribution < 1.29 is 19.5 Å². The maximum atomic E-state index is 12.2. The molecule has 116 valence electrons. The van der Waals surface area contributed by atoms with Crippen molar-refractivity contribution in [2.45, 2.75) is 25.9 Å². The third-order valence-electron chi connectivity index (χ3n) is 3.16. The minimum absolute atomic E-state index is 0.182. The Kier molecular flexibility index (Phi) is 4.40. The lowest BCUT2D eigenvalue weighted by molar-refractivity contribution is -0.141. The summed E-state index contributed by atoms with van der Waals surface area (Å²) >= 11 is 0. The summed E-state index contributed by atoms with van der Waals surface area (Å²) in [5.41, 5.74) is 0.894. The van der Waals surface area contributed by atoms with Gasteiger partial charge in [0, 0.05) is 5.39 Å². The number of aromatic nitrogens is 2. The molecule has 0 saturated heterocycles. The van der Waals surface area contributed by atoms with Gasteiger partial charge in [0.2, 0.25) is 5.91 Å².